The normalized spacial score (nSPS) is 24.1. The Morgan fingerprint density at radius 2 is 1.64 bits per heavy atom. The van der Waals surface area contributed by atoms with Gasteiger partial charge in [-0.05, 0) is 55.0 Å². The lowest BCUT2D eigenvalue weighted by Crippen LogP contribution is -2.41. The van der Waals surface area contributed by atoms with Gasteiger partial charge in [0.25, 0.3) is 0 Å². The van der Waals surface area contributed by atoms with E-state index in [0.29, 0.717) is 6.61 Å². The summed E-state index contributed by atoms with van der Waals surface area (Å²) in [6, 6.07) is 23.3. The second kappa shape index (κ2) is 9.17. The molecule has 2 N–H and O–H groups in total. The van der Waals surface area contributed by atoms with Crippen LogP contribution in [0.1, 0.15) is 30.1 Å². The molecule has 7 heteroatoms. The quantitative estimate of drug-likeness (QED) is 0.502. The zero-order valence-electron chi connectivity index (χ0n) is 18.5. The number of hydrazine groups is 1. The number of methoxy groups -OCH3 is 1. The standard InChI is InChI=1S/C26H26BrN3O3/c1-3-33-19-14-8-16(9-15-19)23-22-24(29-28-23)26(31)30(18-12-10-17(27)11-13-18)25(22)20-6-4-5-7-21(20)32-2/h4-15,22-25,28-29H,3H2,1-2H3. The van der Waals surface area contributed by atoms with Gasteiger partial charge in [-0.2, -0.15) is 0 Å². The number of anilines is 1. The number of benzene rings is 3. The fourth-order valence-corrected chi connectivity index (χ4v) is 5.27. The van der Waals surface area contributed by atoms with Gasteiger partial charge in [0.05, 0.1) is 25.8 Å². The average molecular weight is 508 g/mol. The molecule has 2 aliphatic heterocycles. The highest BCUT2D eigenvalue weighted by molar-refractivity contribution is 9.10. The Balaban J connectivity index is 1.60. The van der Waals surface area contributed by atoms with Crippen molar-refractivity contribution in [3.8, 4) is 11.5 Å². The van der Waals surface area contributed by atoms with Gasteiger partial charge in [0.1, 0.15) is 17.5 Å². The molecule has 0 aliphatic carbocycles. The van der Waals surface area contributed by atoms with E-state index in [0.717, 1.165) is 32.8 Å². The van der Waals surface area contributed by atoms with Gasteiger partial charge >= 0.3 is 0 Å². The fraction of sp³-hybridized carbons (Fsp3) is 0.269. The summed E-state index contributed by atoms with van der Waals surface area (Å²) in [5.74, 6) is 1.61. The number of fused-ring (bicyclic) bond motifs is 1. The number of carbonyl (C=O) groups excluding carboxylic acids is 1. The Bertz CT molecular complexity index is 1140. The van der Waals surface area contributed by atoms with Crippen molar-refractivity contribution in [2.75, 3.05) is 18.6 Å². The van der Waals surface area contributed by atoms with Gasteiger partial charge in [-0.15, -0.1) is 0 Å². The molecule has 0 spiro atoms. The molecule has 3 aromatic rings. The van der Waals surface area contributed by atoms with E-state index in [-0.39, 0.29) is 30.0 Å². The smallest absolute Gasteiger partial charge is 0.246 e. The number of halogens is 1. The first-order chi connectivity index (χ1) is 16.1. The van der Waals surface area contributed by atoms with Gasteiger partial charge < -0.3 is 14.4 Å². The number of hydrogen-bond donors (Lipinski definition) is 2. The molecule has 2 heterocycles. The molecule has 2 saturated heterocycles. The molecule has 0 bridgehead atoms. The van der Waals surface area contributed by atoms with E-state index in [2.05, 4.69) is 45.0 Å². The molecule has 0 radical (unpaired) electrons. The van der Waals surface area contributed by atoms with Crippen molar-refractivity contribution in [2.45, 2.75) is 25.0 Å². The van der Waals surface area contributed by atoms with E-state index in [9.17, 15) is 4.79 Å². The lowest BCUT2D eigenvalue weighted by molar-refractivity contribution is -0.119. The van der Waals surface area contributed by atoms with Crippen molar-refractivity contribution in [2.24, 2.45) is 5.92 Å². The number of rotatable bonds is 6. The van der Waals surface area contributed by atoms with Crippen molar-refractivity contribution in [3.63, 3.8) is 0 Å². The van der Waals surface area contributed by atoms with E-state index >= 15 is 0 Å². The average Bonchev–Trinajstić information content (AvgIpc) is 3.39. The number of nitrogens with one attached hydrogen (secondary N) is 2. The molecule has 5 rings (SSSR count). The number of carbonyl (C=O) groups is 1. The second-order valence-corrected chi connectivity index (χ2v) is 9.11. The molecule has 1 amide bonds. The van der Waals surface area contributed by atoms with Crippen LogP contribution in [0.5, 0.6) is 11.5 Å². The molecule has 0 aromatic heterocycles. The van der Waals surface area contributed by atoms with Crippen molar-refractivity contribution in [1.82, 2.24) is 10.9 Å². The van der Waals surface area contributed by atoms with Crippen LogP contribution < -0.4 is 25.2 Å². The molecule has 170 valence electrons. The molecule has 0 saturated carbocycles. The Morgan fingerprint density at radius 1 is 0.939 bits per heavy atom. The van der Waals surface area contributed by atoms with Gasteiger partial charge in [-0.25, -0.2) is 10.9 Å². The monoisotopic (exact) mass is 507 g/mol. The van der Waals surface area contributed by atoms with Crippen LogP contribution >= 0.6 is 15.9 Å². The molecule has 3 aromatic carbocycles. The third-order valence-corrected chi connectivity index (χ3v) is 6.95. The molecule has 33 heavy (non-hydrogen) atoms. The summed E-state index contributed by atoms with van der Waals surface area (Å²) < 4.78 is 12.3. The summed E-state index contributed by atoms with van der Waals surface area (Å²) in [5, 5.41) is 0. The lowest BCUT2D eigenvalue weighted by Gasteiger charge is -2.32. The third kappa shape index (κ3) is 3.90. The third-order valence-electron chi connectivity index (χ3n) is 6.42. The Morgan fingerprint density at radius 3 is 2.33 bits per heavy atom. The van der Waals surface area contributed by atoms with Gasteiger partial charge in [-0.1, -0.05) is 46.3 Å². The number of amides is 1. The van der Waals surface area contributed by atoms with E-state index in [4.69, 9.17) is 9.47 Å². The van der Waals surface area contributed by atoms with Crippen LogP contribution in [0.2, 0.25) is 0 Å². The minimum atomic E-state index is -0.361. The summed E-state index contributed by atoms with van der Waals surface area (Å²) in [6.07, 6.45) is 0. The topological polar surface area (TPSA) is 62.8 Å². The van der Waals surface area contributed by atoms with Crippen LogP contribution in [0.3, 0.4) is 0 Å². The van der Waals surface area contributed by atoms with E-state index in [1.807, 2.05) is 66.4 Å². The molecule has 6 nitrogen and oxygen atoms in total. The molecule has 4 unspecified atom stereocenters. The highest BCUT2D eigenvalue weighted by atomic mass is 79.9. The number of hydrogen-bond acceptors (Lipinski definition) is 5. The molecule has 4 atom stereocenters. The lowest BCUT2D eigenvalue weighted by atomic mass is 9.83. The maximum atomic E-state index is 13.7. The minimum Gasteiger partial charge on any atom is -0.496 e. The van der Waals surface area contributed by atoms with Crippen LogP contribution in [0, 0.1) is 5.92 Å². The first kappa shape index (κ1) is 21.9. The summed E-state index contributed by atoms with van der Waals surface area (Å²) in [7, 11) is 1.67. The van der Waals surface area contributed by atoms with Gasteiger partial charge in [0.2, 0.25) is 5.91 Å². The summed E-state index contributed by atoms with van der Waals surface area (Å²) in [4.78, 5) is 15.6. The van der Waals surface area contributed by atoms with Gasteiger partial charge in [0.15, 0.2) is 0 Å². The van der Waals surface area contributed by atoms with Crippen molar-refractivity contribution < 1.29 is 14.3 Å². The molecular weight excluding hydrogens is 482 g/mol. The van der Waals surface area contributed by atoms with Gasteiger partial charge in [0, 0.05) is 21.6 Å². The highest BCUT2D eigenvalue weighted by Gasteiger charge is 2.56. The molecular formula is C26H26BrN3O3. The predicted molar refractivity (Wildman–Crippen MR) is 131 cm³/mol. The zero-order valence-corrected chi connectivity index (χ0v) is 20.1. The first-order valence-electron chi connectivity index (χ1n) is 11.1. The van der Waals surface area contributed by atoms with Crippen LogP contribution in [0.4, 0.5) is 5.69 Å². The van der Waals surface area contributed by atoms with Crippen LogP contribution in [0.15, 0.2) is 77.3 Å². The maximum absolute atomic E-state index is 13.7. The number of nitrogens with zero attached hydrogens (tertiary/aromatic N) is 1. The SMILES string of the molecule is CCOc1ccc(C2NNC3C(=O)N(c4ccc(Br)cc4)C(c4ccccc4OC)C32)cc1. The Kier molecular flexibility index (Phi) is 6.10. The van der Waals surface area contributed by atoms with Crippen LogP contribution in [0.25, 0.3) is 0 Å². The van der Waals surface area contributed by atoms with Gasteiger partial charge in [-0.3, -0.25) is 4.79 Å². The minimum absolute atomic E-state index is 0.0409. The Labute approximate surface area is 202 Å². The summed E-state index contributed by atoms with van der Waals surface area (Å²) >= 11 is 3.50. The van der Waals surface area contributed by atoms with Crippen LogP contribution in [-0.2, 0) is 4.79 Å². The van der Waals surface area contributed by atoms with Crippen molar-refractivity contribution in [1.29, 1.82) is 0 Å². The van der Waals surface area contributed by atoms with E-state index in [1.54, 1.807) is 7.11 Å². The maximum Gasteiger partial charge on any atom is 0.246 e. The predicted octanol–water partition coefficient (Wildman–Crippen LogP) is 4.78. The summed E-state index contributed by atoms with van der Waals surface area (Å²) in [6.45, 7) is 2.60. The number of ether oxygens (including phenoxy) is 2. The summed E-state index contributed by atoms with van der Waals surface area (Å²) in [5.41, 5.74) is 9.62. The fourth-order valence-electron chi connectivity index (χ4n) is 5.00. The van der Waals surface area contributed by atoms with E-state index in [1.165, 1.54) is 0 Å². The van der Waals surface area contributed by atoms with Crippen LogP contribution in [-0.4, -0.2) is 25.7 Å². The molecule has 2 fully saturated rings. The van der Waals surface area contributed by atoms with Crippen molar-refractivity contribution in [3.05, 3.63) is 88.4 Å². The molecule has 2 aliphatic rings. The highest BCUT2D eigenvalue weighted by Crippen LogP contribution is 2.50. The first-order valence-corrected chi connectivity index (χ1v) is 11.9. The van der Waals surface area contributed by atoms with Crippen molar-refractivity contribution >= 4 is 27.5 Å². The number of para-hydroxylation sites is 1. The Hall–Kier alpha value is -2.87. The van der Waals surface area contributed by atoms with E-state index < -0.39 is 0 Å². The largest absolute Gasteiger partial charge is 0.496 e. The second-order valence-electron chi connectivity index (χ2n) is 8.19. The zero-order chi connectivity index (χ0) is 22.9.